The maximum absolute atomic E-state index is 12.0. The fourth-order valence-corrected chi connectivity index (χ4v) is 7.06. The molecule has 0 atom stereocenters. The number of benzene rings is 4. The number of unbranched alkanes of at least 4 members (excludes halogenated alkanes) is 9. The van der Waals surface area contributed by atoms with Crippen LogP contribution in [0.15, 0.2) is 120 Å². The quantitative estimate of drug-likeness (QED) is 0.0366. The summed E-state index contributed by atoms with van der Waals surface area (Å²) >= 11 is 0.777. The van der Waals surface area contributed by atoms with Gasteiger partial charge < -0.3 is 5.53 Å². The van der Waals surface area contributed by atoms with Crippen molar-refractivity contribution in [3.63, 3.8) is 0 Å². The monoisotopic (exact) mass is 780 g/mol. The van der Waals surface area contributed by atoms with Crippen LogP contribution in [0.3, 0.4) is 0 Å². The molecule has 1 heterocycles. The predicted octanol–water partition coefficient (Wildman–Crippen LogP) is 14.5. The van der Waals surface area contributed by atoms with E-state index in [9.17, 15) is 5.53 Å². The number of allylic oxidation sites excluding steroid dienone is 2. The van der Waals surface area contributed by atoms with Gasteiger partial charge in [0.05, 0.1) is 0 Å². The van der Waals surface area contributed by atoms with E-state index in [-0.39, 0.29) is 0 Å². The van der Waals surface area contributed by atoms with Crippen molar-refractivity contribution in [1.82, 2.24) is 0 Å². The molecule has 0 amide bonds. The third-order valence-electron chi connectivity index (χ3n) is 9.62. The molecule has 0 aromatic heterocycles. The Balaban J connectivity index is 0.000000371. The van der Waals surface area contributed by atoms with E-state index in [1.165, 1.54) is 79.2 Å². The molecule has 0 saturated heterocycles. The number of nitrogens with zero attached hydrogens (tertiary/aromatic N) is 2. The van der Waals surface area contributed by atoms with E-state index >= 15 is 0 Å². The molecule has 4 nitrogen and oxygen atoms in total. The summed E-state index contributed by atoms with van der Waals surface area (Å²) in [5.41, 5.74) is 20.8. The van der Waals surface area contributed by atoms with Gasteiger partial charge in [0.25, 0.3) is 0 Å². The van der Waals surface area contributed by atoms with Gasteiger partial charge in [-0.1, -0.05) is 115 Å². The van der Waals surface area contributed by atoms with E-state index in [0.717, 1.165) is 99.6 Å². The second-order valence-electron chi connectivity index (χ2n) is 14.2. The van der Waals surface area contributed by atoms with Crippen molar-refractivity contribution in [1.29, 1.82) is 0 Å². The fraction of sp³-hybridized carbons (Fsp3) is 0.400. The molecule has 0 N–H and O–H groups in total. The van der Waals surface area contributed by atoms with Gasteiger partial charge in [-0.25, -0.2) is 4.70 Å². The average Bonchev–Trinajstić information content (AvgIpc) is 3.50. The average molecular weight is 782 g/mol. The number of hydrogen-bond acceptors (Lipinski definition) is 2. The number of hydrogen-bond donors (Lipinski definition) is 0. The summed E-state index contributed by atoms with van der Waals surface area (Å²) in [7, 11) is 0. The molecular weight excluding hydrogens is 719 g/mol. The maximum atomic E-state index is 12.0. The van der Waals surface area contributed by atoms with Crippen molar-refractivity contribution in [3.05, 3.63) is 148 Å². The molecule has 294 valence electrons. The number of aryl methyl sites for hydroxylation is 2. The molecule has 0 aliphatic carbocycles. The van der Waals surface area contributed by atoms with Crippen LogP contribution >= 0.6 is 0 Å². The molecule has 0 radical (unpaired) electrons. The molecule has 4 aromatic rings. The van der Waals surface area contributed by atoms with Crippen LogP contribution in [0.4, 0.5) is 0 Å². The Kier molecular flexibility index (Phi) is 20.2. The molecule has 55 heavy (non-hydrogen) atoms. The van der Waals surface area contributed by atoms with Crippen LogP contribution in [0, 0.1) is 11.8 Å². The number of para-hydroxylation sites is 2. The third kappa shape index (κ3) is 14.7. The molecule has 1 aliphatic heterocycles. The summed E-state index contributed by atoms with van der Waals surface area (Å²) < 4.78 is 12.1. The predicted molar refractivity (Wildman–Crippen MR) is 227 cm³/mol. The third-order valence-corrected chi connectivity index (χ3v) is 10.3. The molecule has 0 fully saturated rings. The van der Waals surface area contributed by atoms with Crippen molar-refractivity contribution in [3.8, 4) is 23.3 Å². The van der Waals surface area contributed by atoms with E-state index in [2.05, 4.69) is 88.1 Å². The van der Waals surface area contributed by atoms with Gasteiger partial charge in [0.2, 0.25) is 11.4 Å². The van der Waals surface area contributed by atoms with E-state index in [4.69, 9.17) is 7.76 Å². The molecule has 0 spiro atoms. The normalized spacial score (nSPS) is 12.3. The first kappa shape index (κ1) is 43.3. The Morgan fingerprint density at radius 1 is 0.527 bits per heavy atom. The van der Waals surface area contributed by atoms with Gasteiger partial charge in [-0.05, 0) is 80.3 Å². The Morgan fingerprint density at radius 2 is 1.04 bits per heavy atom. The molecule has 1 aliphatic rings. The van der Waals surface area contributed by atoms with Gasteiger partial charge in [-0.15, -0.1) is 0 Å². The molecule has 5 rings (SSSR count). The van der Waals surface area contributed by atoms with E-state index in [1.807, 2.05) is 60.7 Å². The number of rotatable bonds is 21. The van der Waals surface area contributed by atoms with E-state index in [1.54, 1.807) is 0 Å². The van der Waals surface area contributed by atoms with Crippen molar-refractivity contribution < 1.29 is 27.5 Å². The standard InChI is InChI=1S/C38H52N2.2C6H6O.Ni/c1-5-9-13-15-16-18-28-36-35(27-17-14-10-6-2)37(33-25-19-23-31(29-33)21-11-7-3)40(39)38(36)34-26-20-24-32(30-34)22-12-8-4;2*7-6-4-2-1-3-5-6;/h19-20,23-26,29-30H,5-16,18,21-22,28H2,1-4H3;2*1-5,7H;/q;;;+2/p-2. The van der Waals surface area contributed by atoms with Crippen molar-refractivity contribution in [2.75, 3.05) is 0 Å². The van der Waals surface area contributed by atoms with Gasteiger partial charge in [0, 0.05) is 23.1 Å². The first-order chi connectivity index (χ1) is 27.1. The minimum absolute atomic E-state index is 0.777. The SMILES string of the molecule is CCCCC#CC1=C(c2cccc(CCCC)c2)[N+](=[N-])C(c2cccc(CCCC)c2)=C1CCCCCCCC.c1ccc([O][Ni][O]c2ccccc2)cc1. The molecule has 0 unspecified atom stereocenters. The van der Waals surface area contributed by atoms with Crippen molar-refractivity contribution in [2.24, 2.45) is 0 Å². The Bertz CT molecular complexity index is 1810. The van der Waals surface area contributed by atoms with Crippen LogP contribution in [-0.4, -0.2) is 4.70 Å². The van der Waals surface area contributed by atoms with Crippen LogP contribution < -0.4 is 7.76 Å². The summed E-state index contributed by atoms with van der Waals surface area (Å²) in [6, 6.07) is 36.7. The Morgan fingerprint density at radius 3 is 1.58 bits per heavy atom. The summed E-state index contributed by atoms with van der Waals surface area (Å²) in [5, 5.41) is 0. The van der Waals surface area contributed by atoms with Gasteiger partial charge in [-0.3, -0.25) is 0 Å². The first-order valence-electron chi connectivity index (χ1n) is 20.8. The summed E-state index contributed by atoms with van der Waals surface area (Å²) in [6.45, 7) is 8.97. The van der Waals surface area contributed by atoms with Crippen molar-refractivity contribution in [2.45, 2.75) is 130 Å². The minimum atomic E-state index is 0.777. The molecular formula is C50H62N2NiO2. The van der Waals surface area contributed by atoms with Crippen LogP contribution in [0.1, 0.15) is 140 Å². The van der Waals surface area contributed by atoms with E-state index in [0.29, 0.717) is 0 Å². The van der Waals surface area contributed by atoms with Gasteiger partial charge in [0.15, 0.2) is 0 Å². The topological polar surface area (TPSA) is 43.8 Å². The molecule has 4 aromatic carbocycles. The Hall–Kier alpha value is -4.39. The second-order valence-corrected chi connectivity index (χ2v) is 14.8. The zero-order valence-corrected chi connectivity index (χ0v) is 34.7. The zero-order chi connectivity index (χ0) is 38.9. The van der Waals surface area contributed by atoms with Gasteiger partial charge in [0.1, 0.15) is 5.57 Å². The fourth-order valence-electron chi connectivity index (χ4n) is 6.56. The molecule has 5 heteroatoms. The van der Waals surface area contributed by atoms with Crippen LogP contribution in [-0.2, 0) is 27.9 Å². The van der Waals surface area contributed by atoms with Crippen LogP contribution in [0.25, 0.3) is 16.9 Å². The van der Waals surface area contributed by atoms with Crippen LogP contribution in [0.2, 0.25) is 0 Å². The summed E-state index contributed by atoms with van der Waals surface area (Å²) in [6.07, 6.45) is 18.4. The van der Waals surface area contributed by atoms with Crippen molar-refractivity contribution >= 4 is 11.4 Å². The van der Waals surface area contributed by atoms with E-state index < -0.39 is 0 Å². The summed E-state index contributed by atoms with van der Waals surface area (Å²) in [5.74, 6) is 8.64. The zero-order valence-electron chi connectivity index (χ0n) is 33.7. The first-order valence-corrected chi connectivity index (χ1v) is 21.6. The summed E-state index contributed by atoms with van der Waals surface area (Å²) in [4.78, 5) is 0. The Labute approximate surface area is 339 Å². The van der Waals surface area contributed by atoms with Crippen LogP contribution in [0.5, 0.6) is 11.5 Å². The van der Waals surface area contributed by atoms with Gasteiger partial charge >= 0.3 is 95.0 Å². The van der Waals surface area contributed by atoms with Gasteiger partial charge in [-0.2, -0.15) is 0 Å². The molecule has 0 saturated carbocycles. The second kappa shape index (κ2) is 25.6. The molecule has 0 bridgehead atoms.